The maximum absolute atomic E-state index is 13.0. The van der Waals surface area contributed by atoms with E-state index in [0.717, 1.165) is 57.4 Å². The highest BCUT2D eigenvalue weighted by Crippen LogP contribution is 2.29. The Hall–Kier alpha value is -2.49. The quantitative estimate of drug-likeness (QED) is 0.589. The van der Waals surface area contributed by atoms with Crippen molar-refractivity contribution in [3.05, 3.63) is 39.3 Å². The van der Waals surface area contributed by atoms with Crippen LogP contribution in [0, 0.1) is 0 Å². The molecule has 0 bridgehead atoms. The lowest BCUT2D eigenvalue weighted by Gasteiger charge is -2.38. The molecule has 1 unspecified atom stereocenters. The molecular weight excluding hydrogens is 382 g/mol. The second kappa shape index (κ2) is 8.33. The molecular formula is C21H29N7O2. The second-order valence-corrected chi connectivity index (χ2v) is 8.36. The maximum Gasteiger partial charge on any atom is 0.330 e. The molecule has 0 saturated carbocycles. The Kier molecular flexibility index (Phi) is 5.41. The molecule has 1 atom stereocenters. The highest BCUT2D eigenvalue weighted by atomic mass is 16.2. The van der Waals surface area contributed by atoms with Gasteiger partial charge in [0.25, 0.3) is 5.56 Å². The van der Waals surface area contributed by atoms with Crippen molar-refractivity contribution in [2.75, 3.05) is 32.7 Å². The van der Waals surface area contributed by atoms with Crippen LogP contribution in [0.2, 0.25) is 0 Å². The average molecular weight is 412 g/mol. The smallest absolute Gasteiger partial charge is 0.330 e. The molecule has 5 heterocycles. The fraction of sp³-hybridized carbons (Fsp3) is 0.571. The Labute approximate surface area is 174 Å². The Bertz CT molecular complexity index is 1140. The van der Waals surface area contributed by atoms with Gasteiger partial charge in [-0.3, -0.25) is 24.7 Å². The Morgan fingerprint density at radius 1 is 1.07 bits per heavy atom. The molecule has 0 aromatic carbocycles. The van der Waals surface area contributed by atoms with Crippen molar-refractivity contribution in [3.8, 4) is 0 Å². The number of nitrogens with zero attached hydrogens (tertiary/aromatic N) is 4. The highest BCUT2D eigenvalue weighted by Gasteiger charge is 2.27. The number of H-pyrrole nitrogens is 2. The Morgan fingerprint density at radius 3 is 2.77 bits per heavy atom. The molecule has 2 aliphatic rings. The van der Waals surface area contributed by atoms with Crippen LogP contribution >= 0.6 is 0 Å². The van der Waals surface area contributed by atoms with Gasteiger partial charge in [0.1, 0.15) is 5.65 Å². The van der Waals surface area contributed by atoms with Gasteiger partial charge >= 0.3 is 5.69 Å². The number of hydrazine groups is 1. The van der Waals surface area contributed by atoms with E-state index >= 15 is 0 Å². The summed E-state index contributed by atoms with van der Waals surface area (Å²) < 4.78 is 1.79. The van der Waals surface area contributed by atoms with Crippen molar-refractivity contribution in [1.29, 1.82) is 0 Å². The van der Waals surface area contributed by atoms with Gasteiger partial charge in [-0.25, -0.2) is 14.8 Å². The van der Waals surface area contributed by atoms with Gasteiger partial charge in [0.15, 0.2) is 0 Å². The number of nitrogens with one attached hydrogen (secondary N) is 3. The number of hydrogen-bond donors (Lipinski definition) is 3. The van der Waals surface area contributed by atoms with E-state index < -0.39 is 0 Å². The zero-order valence-corrected chi connectivity index (χ0v) is 17.2. The normalized spacial score (nSPS) is 21.5. The number of aromatic nitrogens is 4. The summed E-state index contributed by atoms with van der Waals surface area (Å²) in [6, 6.07) is 1.89. The number of hydrogen-bond acceptors (Lipinski definition) is 6. The fourth-order valence-corrected chi connectivity index (χ4v) is 4.96. The number of piperidine rings is 2. The van der Waals surface area contributed by atoms with E-state index in [4.69, 9.17) is 0 Å². The van der Waals surface area contributed by atoms with E-state index in [9.17, 15) is 9.59 Å². The van der Waals surface area contributed by atoms with Crippen LogP contribution in [0.25, 0.3) is 21.9 Å². The van der Waals surface area contributed by atoms with Gasteiger partial charge in [-0.1, -0.05) is 6.42 Å². The standard InChI is InChI=1S/C21H29N7O2/c29-20-16-14-23-19-15(7-8-22-19)18(16)28(21(30)25-20)17-6-2-5-10-26(17)13-9-24-27-11-3-1-4-12-27/h7-8,14,17,24H,1-6,9-13H2,(H,22,23)(H,25,29,30). The van der Waals surface area contributed by atoms with Crippen molar-refractivity contribution < 1.29 is 0 Å². The molecule has 5 rings (SSSR count). The SMILES string of the molecule is O=c1[nH]c(=O)n(C2CCCCN2CCNN2CCCCC2)c2c1cnc1[nH]ccc12. The topological polar surface area (TPSA) is 102 Å². The van der Waals surface area contributed by atoms with Crippen LogP contribution in [-0.4, -0.2) is 62.2 Å². The van der Waals surface area contributed by atoms with Crippen LogP contribution < -0.4 is 16.7 Å². The summed E-state index contributed by atoms with van der Waals surface area (Å²) in [5.74, 6) is 0. The summed E-state index contributed by atoms with van der Waals surface area (Å²) in [5, 5.41) is 3.59. The largest absolute Gasteiger partial charge is 0.346 e. The molecule has 0 radical (unpaired) electrons. The Morgan fingerprint density at radius 2 is 1.90 bits per heavy atom. The minimum atomic E-state index is -0.379. The molecule has 9 nitrogen and oxygen atoms in total. The Balaban J connectivity index is 1.48. The molecule has 3 N–H and O–H groups in total. The average Bonchev–Trinajstić information content (AvgIpc) is 3.25. The molecule has 3 aromatic heterocycles. The number of likely N-dealkylation sites (tertiary alicyclic amines) is 1. The van der Waals surface area contributed by atoms with E-state index in [2.05, 4.69) is 30.3 Å². The monoisotopic (exact) mass is 411 g/mol. The molecule has 2 fully saturated rings. The fourth-order valence-electron chi connectivity index (χ4n) is 4.96. The van der Waals surface area contributed by atoms with Gasteiger partial charge in [0.05, 0.1) is 17.1 Å². The lowest BCUT2D eigenvalue weighted by Crippen LogP contribution is -2.48. The van der Waals surface area contributed by atoms with Crippen molar-refractivity contribution in [3.63, 3.8) is 0 Å². The van der Waals surface area contributed by atoms with Crippen LogP contribution in [-0.2, 0) is 0 Å². The zero-order chi connectivity index (χ0) is 20.5. The molecule has 0 spiro atoms. The lowest BCUT2D eigenvalue weighted by molar-refractivity contribution is 0.0796. The molecule has 3 aromatic rings. The first kappa shape index (κ1) is 19.5. The molecule has 30 heavy (non-hydrogen) atoms. The van der Waals surface area contributed by atoms with Gasteiger partial charge in [0.2, 0.25) is 0 Å². The number of fused-ring (bicyclic) bond motifs is 3. The first-order valence-corrected chi connectivity index (χ1v) is 11.1. The summed E-state index contributed by atoms with van der Waals surface area (Å²) in [7, 11) is 0. The van der Waals surface area contributed by atoms with Crippen LogP contribution in [0.4, 0.5) is 0 Å². The van der Waals surface area contributed by atoms with E-state index in [0.29, 0.717) is 16.6 Å². The summed E-state index contributed by atoms with van der Waals surface area (Å²) in [6.45, 7) is 4.86. The van der Waals surface area contributed by atoms with Crippen LogP contribution in [0.5, 0.6) is 0 Å². The van der Waals surface area contributed by atoms with Crippen LogP contribution in [0.15, 0.2) is 28.0 Å². The van der Waals surface area contributed by atoms with Crippen LogP contribution in [0.1, 0.15) is 44.7 Å². The third-order valence-corrected chi connectivity index (χ3v) is 6.45. The van der Waals surface area contributed by atoms with E-state index in [-0.39, 0.29) is 17.4 Å². The summed E-state index contributed by atoms with van der Waals surface area (Å²) in [5.41, 5.74) is 4.20. The minimum Gasteiger partial charge on any atom is -0.346 e. The van der Waals surface area contributed by atoms with Gasteiger partial charge in [0, 0.05) is 50.5 Å². The molecule has 0 amide bonds. The summed E-state index contributed by atoms with van der Waals surface area (Å²) in [6.07, 6.45) is 10.2. The van der Waals surface area contributed by atoms with E-state index in [1.807, 2.05) is 6.07 Å². The van der Waals surface area contributed by atoms with Gasteiger partial charge in [-0.15, -0.1) is 0 Å². The van der Waals surface area contributed by atoms with Crippen molar-refractivity contribution >= 4 is 21.9 Å². The molecule has 0 aliphatic carbocycles. The van der Waals surface area contributed by atoms with Gasteiger partial charge < -0.3 is 4.98 Å². The number of rotatable bonds is 5. The zero-order valence-electron chi connectivity index (χ0n) is 17.2. The summed E-state index contributed by atoms with van der Waals surface area (Å²) >= 11 is 0. The predicted molar refractivity (Wildman–Crippen MR) is 116 cm³/mol. The van der Waals surface area contributed by atoms with Crippen LogP contribution in [0.3, 0.4) is 0 Å². The second-order valence-electron chi connectivity index (χ2n) is 8.36. The van der Waals surface area contributed by atoms with Crippen molar-refractivity contribution in [1.82, 2.24) is 34.9 Å². The first-order chi connectivity index (χ1) is 14.7. The lowest BCUT2D eigenvalue weighted by atomic mass is 10.1. The predicted octanol–water partition coefficient (Wildman–Crippen LogP) is 1.54. The number of pyridine rings is 1. The van der Waals surface area contributed by atoms with Crippen molar-refractivity contribution in [2.45, 2.75) is 44.7 Å². The molecule has 160 valence electrons. The molecule has 2 saturated heterocycles. The number of aromatic amines is 2. The minimum absolute atomic E-state index is 0.0748. The molecule has 9 heteroatoms. The molecule has 2 aliphatic heterocycles. The third-order valence-electron chi connectivity index (χ3n) is 6.45. The van der Waals surface area contributed by atoms with E-state index in [1.165, 1.54) is 19.3 Å². The summed E-state index contributed by atoms with van der Waals surface area (Å²) in [4.78, 5) is 37.8. The third kappa shape index (κ3) is 3.57. The highest BCUT2D eigenvalue weighted by molar-refractivity contribution is 6.01. The van der Waals surface area contributed by atoms with E-state index in [1.54, 1.807) is 17.0 Å². The maximum atomic E-state index is 13.0. The van der Waals surface area contributed by atoms with Gasteiger partial charge in [-0.2, -0.15) is 0 Å². The first-order valence-electron chi connectivity index (χ1n) is 11.1. The van der Waals surface area contributed by atoms with Gasteiger partial charge in [-0.05, 0) is 38.2 Å². The van der Waals surface area contributed by atoms with Crippen molar-refractivity contribution in [2.24, 2.45) is 0 Å².